The Morgan fingerprint density at radius 2 is 1.70 bits per heavy atom. The Balaban J connectivity index is 1.75. The van der Waals surface area contributed by atoms with Gasteiger partial charge in [0.05, 0.1) is 5.56 Å². The topological polar surface area (TPSA) is 54.5 Å². The molecule has 3 aromatic rings. The first-order chi connectivity index (χ1) is 13.1. The fourth-order valence-corrected chi connectivity index (χ4v) is 3.09. The van der Waals surface area contributed by atoms with E-state index in [1.165, 1.54) is 12.1 Å². The molecular formula is C20H15F2N3O2. The molecule has 2 heterocycles. The predicted molar refractivity (Wildman–Crippen MR) is 96.9 cm³/mol. The molecule has 1 aromatic heterocycles. The highest BCUT2D eigenvalue weighted by atomic mass is 19.3. The molecule has 0 fully saturated rings. The van der Waals surface area contributed by atoms with E-state index in [1.54, 1.807) is 53.7 Å². The molecule has 1 atom stereocenters. The van der Waals surface area contributed by atoms with Crippen LogP contribution >= 0.6 is 0 Å². The van der Waals surface area contributed by atoms with Crippen molar-refractivity contribution in [3.63, 3.8) is 0 Å². The molecule has 1 amide bonds. The number of anilines is 2. The number of alkyl halides is 2. The maximum atomic E-state index is 13.2. The smallest absolute Gasteiger partial charge is 0.387 e. The number of nitrogens with zero attached hydrogens (tertiary/aromatic N) is 2. The number of benzene rings is 2. The van der Waals surface area contributed by atoms with E-state index < -0.39 is 12.8 Å². The minimum Gasteiger partial charge on any atom is -0.435 e. The number of ether oxygens (including phenoxy) is 1. The lowest BCUT2D eigenvalue weighted by Crippen LogP contribution is -2.43. The number of aromatic nitrogens is 1. The van der Waals surface area contributed by atoms with E-state index in [0.29, 0.717) is 16.9 Å². The number of halogens is 2. The first-order valence-electron chi connectivity index (χ1n) is 8.27. The monoisotopic (exact) mass is 367 g/mol. The number of rotatable bonds is 4. The van der Waals surface area contributed by atoms with Crippen molar-refractivity contribution in [2.45, 2.75) is 12.8 Å². The van der Waals surface area contributed by atoms with Crippen LogP contribution in [0.4, 0.5) is 20.2 Å². The van der Waals surface area contributed by atoms with Crippen LogP contribution in [0.5, 0.6) is 5.75 Å². The van der Waals surface area contributed by atoms with Crippen molar-refractivity contribution in [1.82, 2.24) is 4.98 Å². The molecule has 1 aliphatic rings. The van der Waals surface area contributed by atoms with E-state index in [9.17, 15) is 13.6 Å². The summed E-state index contributed by atoms with van der Waals surface area (Å²) in [6.07, 6.45) is 2.72. The second-order valence-corrected chi connectivity index (χ2v) is 5.92. The van der Waals surface area contributed by atoms with E-state index >= 15 is 0 Å². The van der Waals surface area contributed by atoms with E-state index in [2.05, 4.69) is 15.0 Å². The minimum atomic E-state index is -2.88. The van der Waals surface area contributed by atoms with E-state index in [4.69, 9.17) is 0 Å². The average molecular weight is 367 g/mol. The zero-order valence-corrected chi connectivity index (χ0v) is 14.0. The summed E-state index contributed by atoms with van der Waals surface area (Å²) in [6.45, 7) is -2.88. The Labute approximate surface area is 154 Å². The van der Waals surface area contributed by atoms with E-state index in [1.807, 2.05) is 12.1 Å². The quantitative estimate of drug-likeness (QED) is 0.740. The molecule has 136 valence electrons. The van der Waals surface area contributed by atoms with Crippen LogP contribution in [0.3, 0.4) is 0 Å². The largest absolute Gasteiger partial charge is 0.435 e. The summed E-state index contributed by atoms with van der Waals surface area (Å²) < 4.78 is 29.2. The molecule has 27 heavy (non-hydrogen) atoms. The van der Waals surface area contributed by atoms with Gasteiger partial charge in [0.25, 0.3) is 5.91 Å². The van der Waals surface area contributed by atoms with E-state index in [-0.39, 0.29) is 11.7 Å². The summed E-state index contributed by atoms with van der Waals surface area (Å²) in [5.41, 5.74) is 2.68. The third-order valence-electron chi connectivity index (χ3n) is 4.29. The zero-order valence-electron chi connectivity index (χ0n) is 14.0. The lowest BCUT2D eigenvalue weighted by molar-refractivity contribution is -0.0498. The highest BCUT2D eigenvalue weighted by molar-refractivity contribution is 6.12. The number of hydrogen-bond donors (Lipinski definition) is 1. The molecule has 4 rings (SSSR count). The van der Waals surface area contributed by atoms with Crippen molar-refractivity contribution in [1.29, 1.82) is 0 Å². The first kappa shape index (κ1) is 17.0. The van der Waals surface area contributed by atoms with Crippen LogP contribution < -0.4 is 15.0 Å². The van der Waals surface area contributed by atoms with Gasteiger partial charge in [-0.2, -0.15) is 8.78 Å². The Bertz CT molecular complexity index is 949. The highest BCUT2D eigenvalue weighted by Crippen LogP contribution is 2.36. The van der Waals surface area contributed by atoms with Gasteiger partial charge in [-0.05, 0) is 42.0 Å². The van der Waals surface area contributed by atoms with Gasteiger partial charge in [0.2, 0.25) is 0 Å². The van der Waals surface area contributed by atoms with Crippen LogP contribution in [0.15, 0.2) is 73.1 Å². The summed E-state index contributed by atoms with van der Waals surface area (Å²) in [5.74, 6) is -0.0970. The van der Waals surface area contributed by atoms with Crippen LogP contribution in [-0.2, 0) is 0 Å². The maximum Gasteiger partial charge on any atom is 0.387 e. The molecule has 0 spiro atoms. The SMILES string of the molecule is O=C1c2ccccc2N[C@H](c2ccc(OC(F)F)cc2)N1c1ccncc1. The van der Waals surface area contributed by atoms with Crippen molar-refractivity contribution >= 4 is 17.3 Å². The molecule has 0 unspecified atom stereocenters. The second-order valence-electron chi connectivity index (χ2n) is 5.92. The number of amides is 1. The third kappa shape index (κ3) is 3.31. The molecule has 0 radical (unpaired) electrons. The van der Waals surface area contributed by atoms with E-state index in [0.717, 1.165) is 5.56 Å². The van der Waals surface area contributed by atoms with Gasteiger partial charge < -0.3 is 10.1 Å². The standard InChI is InChI=1S/C20H15F2N3O2/c21-20(22)27-15-7-5-13(6-8-15)18-24-17-4-2-1-3-16(17)19(26)25(18)14-9-11-23-12-10-14/h1-12,18,20,24H/t18-/m0/s1. The van der Waals surface area contributed by atoms with Crippen LogP contribution in [0, 0.1) is 0 Å². The van der Waals surface area contributed by atoms with Gasteiger partial charge in [-0.25, -0.2) is 0 Å². The Kier molecular flexibility index (Phi) is 4.42. The molecular weight excluding hydrogens is 352 g/mol. The average Bonchev–Trinajstić information content (AvgIpc) is 2.69. The van der Waals surface area contributed by atoms with Crippen LogP contribution in [-0.4, -0.2) is 17.5 Å². The predicted octanol–water partition coefficient (Wildman–Crippen LogP) is 4.45. The molecule has 1 aliphatic heterocycles. The van der Waals surface area contributed by atoms with Gasteiger partial charge in [-0.1, -0.05) is 24.3 Å². The van der Waals surface area contributed by atoms with Crippen molar-refractivity contribution in [2.75, 3.05) is 10.2 Å². The van der Waals surface area contributed by atoms with Crippen molar-refractivity contribution in [3.8, 4) is 5.75 Å². The normalized spacial score (nSPS) is 16.0. The van der Waals surface area contributed by atoms with Gasteiger partial charge >= 0.3 is 6.61 Å². The Morgan fingerprint density at radius 3 is 2.41 bits per heavy atom. The fourth-order valence-electron chi connectivity index (χ4n) is 3.09. The maximum absolute atomic E-state index is 13.2. The Morgan fingerprint density at radius 1 is 1.00 bits per heavy atom. The lowest BCUT2D eigenvalue weighted by atomic mass is 10.0. The molecule has 0 saturated carbocycles. The molecule has 7 heteroatoms. The summed E-state index contributed by atoms with van der Waals surface area (Å²) in [5, 5.41) is 3.35. The van der Waals surface area contributed by atoms with Gasteiger partial charge in [0, 0.05) is 23.8 Å². The molecule has 2 aromatic carbocycles. The van der Waals surface area contributed by atoms with Crippen molar-refractivity contribution < 1.29 is 18.3 Å². The summed E-state index contributed by atoms with van der Waals surface area (Å²) in [4.78, 5) is 18.8. The summed E-state index contributed by atoms with van der Waals surface area (Å²) >= 11 is 0. The zero-order chi connectivity index (χ0) is 18.8. The molecule has 1 N–H and O–H groups in total. The molecule has 0 saturated heterocycles. The first-order valence-corrected chi connectivity index (χ1v) is 8.27. The van der Waals surface area contributed by atoms with Gasteiger partial charge in [-0.15, -0.1) is 0 Å². The highest BCUT2D eigenvalue weighted by Gasteiger charge is 2.33. The lowest BCUT2D eigenvalue weighted by Gasteiger charge is -2.38. The molecule has 5 nitrogen and oxygen atoms in total. The summed E-state index contributed by atoms with van der Waals surface area (Å²) in [6, 6.07) is 17.0. The summed E-state index contributed by atoms with van der Waals surface area (Å²) in [7, 11) is 0. The van der Waals surface area contributed by atoms with Crippen LogP contribution in [0.25, 0.3) is 0 Å². The number of fused-ring (bicyclic) bond motifs is 1. The number of nitrogens with one attached hydrogen (secondary N) is 1. The van der Waals surface area contributed by atoms with Crippen molar-refractivity contribution in [3.05, 3.63) is 84.2 Å². The van der Waals surface area contributed by atoms with Crippen molar-refractivity contribution in [2.24, 2.45) is 0 Å². The fraction of sp³-hybridized carbons (Fsp3) is 0.100. The number of pyridine rings is 1. The van der Waals surface area contributed by atoms with Gasteiger partial charge in [0.1, 0.15) is 11.9 Å². The number of para-hydroxylation sites is 1. The number of carbonyl (C=O) groups is 1. The molecule has 0 aliphatic carbocycles. The number of carbonyl (C=O) groups excluding carboxylic acids is 1. The van der Waals surface area contributed by atoms with Gasteiger partial charge in [-0.3, -0.25) is 14.7 Å². The van der Waals surface area contributed by atoms with Gasteiger partial charge in [0.15, 0.2) is 0 Å². The van der Waals surface area contributed by atoms with Crippen LogP contribution in [0.1, 0.15) is 22.1 Å². The number of hydrogen-bond acceptors (Lipinski definition) is 4. The second kappa shape index (κ2) is 7.03. The Hall–Kier alpha value is -3.48. The third-order valence-corrected chi connectivity index (χ3v) is 4.29. The van der Waals surface area contributed by atoms with Crippen LogP contribution in [0.2, 0.25) is 0 Å². The molecule has 0 bridgehead atoms. The minimum absolute atomic E-state index is 0.0618.